The number of nitrogens with two attached hydrogens (primary N) is 1. The first-order chi connectivity index (χ1) is 21.3. The molecule has 3 aromatic rings. The van der Waals surface area contributed by atoms with Crippen molar-refractivity contribution in [3.8, 4) is 6.07 Å². The summed E-state index contributed by atoms with van der Waals surface area (Å²) in [6, 6.07) is 2.13. The van der Waals surface area contributed by atoms with Crippen molar-refractivity contribution in [2.45, 2.75) is 108 Å². The molecule has 0 unspecified atom stereocenters. The molecule has 0 bridgehead atoms. The molecule has 0 spiro atoms. The number of allylic oxidation sites excluding steroid dienone is 2. The van der Waals surface area contributed by atoms with E-state index in [1.54, 1.807) is 13.1 Å². The Kier molecular flexibility index (Phi) is 14.9. The largest absolute Gasteiger partial charge is 0.389 e. The Morgan fingerprint density at radius 1 is 1.09 bits per heavy atom. The molecule has 0 amide bonds. The highest BCUT2D eigenvalue weighted by atomic mass is 32.1. The Bertz CT molecular complexity index is 1510. The van der Waals surface area contributed by atoms with Crippen LogP contribution in [0.3, 0.4) is 0 Å². The van der Waals surface area contributed by atoms with Gasteiger partial charge in [0.1, 0.15) is 22.4 Å². The maximum Gasteiger partial charge on any atom is 0.225 e. The van der Waals surface area contributed by atoms with Crippen molar-refractivity contribution in [1.82, 2.24) is 9.97 Å². The maximum absolute atomic E-state index is 16.7. The lowest BCUT2D eigenvalue weighted by molar-refractivity contribution is 0.134. The molecule has 2 N–H and O–H groups in total. The molecule has 1 saturated heterocycles. The van der Waals surface area contributed by atoms with Crippen molar-refractivity contribution < 1.29 is 13.5 Å². The number of nitriles is 1. The highest BCUT2D eigenvalue weighted by molar-refractivity contribution is 7.17. The molecule has 2 aromatic heterocycles. The number of unbranched alkanes of at least 4 members (excludes halogenated alkanes) is 1. The Balaban J connectivity index is 0.000000768. The molecule has 0 radical (unpaired) electrons. The number of aromatic nitrogens is 2. The van der Waals surface area contributed by atoms with E-state index in [0.29, 0.717) is 46.6 Å². The van der Waals surface area contributed by atoms with E-state index in [2.05, 4.69) is 34.8 Å². The van der Waals surface area contributed by atoms with Crippen LogP contribution in [-0.4, -0.2) is 23.1 Å². The van der Waals surface area contributed by atoms with Gasteiger partial charge in [-0.1, -0.05) is 73.0 Å². The zero-order chi connectivity index (χ0) is 33.0. The lowest BCUT2D eigenvalue weighted by Gasteiger charge is -2.20. The average Bonchev–Trinajstić information content (AvgIpc) is 3.85. The molecule has 6 nitrogen and oxygen atoms in total. The Labute approximate surface area is 266 Å². The smallest absolute Gasteiger partial charge is 0.225 e. The van der Waals surface area contributed by atoms with E-state index in [4.69, 9.17) is 10.5 Å². The molecular weight excluding hydrogens is 576 g/mol. The lowest BCUT2D eigenvalue weighted by Crippen LogP contribution is -2.20. The van der Waals surface area contributed by atoms with Crippen LogP contribution in [0.25, 0.3) is 22.3 Å². The summed E-state index contributed by atoms with van der Waals surface area (Å²) in [4.78, 5) is 11.5. The van der Waals surface area contributed by atoms with Crippen LogP contribution in [0.1, 0.15) is 127 Å². The van der Waals surface area contributed by atoms with Crippen molar-refractivity contribution >= 4 is 44.6 Å². The van der Waals surface area contributed by atoms with Crippen LogP contribution in [-0.2, 0) is 18.0 Å². The summed E-state index contributed by atoms with van der Waals surface area (Å²) < 4.78 is 37.5. The van der Waals surface area contributed by atoms with E-state index in [1.165, 1.54) is 18.9 Å². The second-order valence-corrected chi connectivity index (χ2v) is 11.1. The summed E-state index contributed by atoms with van der Waals surface area (Å²) in [5.74, 6) is -0.516. The fraction of sp³-hybridized carbons (Fsp3) is 0.514. The highest BCUT2D eigenvalue weighted by Crippen LogP contribution is 2.47. The summed E-state index contributed by atoms with van der Waals surface area (Å²) in [6.07, 6.45) is 8.31. The van der Waals surface area contributed by atoms with Crippen LogP contribution >= 0.6 is 11.3 Å². The number of benzene rings is 1. The molecule has 9 heteroatoms. The zero-order valence-electron chi connectivity index (χ0n) is 28.0. The van der Waals surface area contributed by atoms with Gasteiger partial charge in [-0.05, 0) is 49.8 Å². The summed E-state index contributed by atoms with van der Waals surface area (Å²) in [5.41, 5.74) is 9.97. The standard InChI is InChI=1S/C27H27F2N5OS.C4H10.2C2H6/c1-4-14(3)20(22-15(10-30)26(31)36-25(22)19(28)5-2)21-18-13-35-12-17(18)16-11-32-27(33-24(16)23(21)29)34-8-6-7-9-34;1-3-4-2;2*1-2/h5,11H,4,6-9,12-13,31H2,1-3H3;3-4H2,1-2H3;2*1-2H3/b19-5+,20-14+;;;. The van der Waals surface area contributed by atoms with E-state index in [-0.39, 0.29) is 27.6 Å². The van der Waals surface area contributed by atoms with Crippen molar-refractivity contribution in [2.75, 3.05) is 23.7 Å². The van der Waals surface area contributed by atoms with Crippen molar-refractivity contribution in [1.29, 1.82) is 5.26 Å². The third kappa shape index (κ3) is 7.47. The molecule has 0 saturated carbocycles. The van der Waals surface area contributed by atoms with Gasteiger partial charge in [-0.3, -0.25) is 0 Å². The minimum Gasteiger partial charge on any atom is -0.389 e. The normalized spacial score (nSPS) is 14.4. The molecule has 2 aliphatic rings. The van der Waals surface area contributed by atoms with Crippen molar-refractivity contribution in [3.05, 3.63) is 56.4 Å². The number of hydrogen-bond acceptors (Lipinski definition) is 7. The van der Waals surface area contributed by atoms with E-state index >= 15 is 8.78 Å². The van der Waals surface area contributed by atoms with Gasteiger partial charge in [-0.2, -0.15) is 5.26 Å². The maximum atomic E-state index is 16.7. The number of fused-ring (bicyclic) bond motifs is 3. The van der Waals surface area contributed by atoms with Gasteiger partial charge in [0, 0.05) is 35.8 Å². The third-order valence-electron chi connectivity index (χ3n) is 7.55. The fourth-order valence-corrected chi connectivity index (χ4v) is 6.05. The quantitative estimate of drug-likeness (QED) is 0.293. The molecule has 240 valence electrons. The van der Waals surface area contributed by atoms with Crippen LogP contribution in [0.5, 0.6) is 0 Å². The first-order valence-corrected chi connectivity index (χ1v) is 16.8. The van der Waals surface area contributed by atoms with Crippen LogP contribution in [0.4, 0.5) is 19.7 Å². The van der Waals surface area contributed by atoms with Gasteiger partial charge < -0.3 is 15.4 Å². The number of nitrogen functional groups attached to an aromatic ring is 1. The van der Waals surface area contributed by atoms with Gasteiger partial charge in [-0.25, -0.2) is 18.7 Å². The van der Waals surface area contributed by atoms with E-state index in [1.807, 2.05) is 41.5 Å². The van der Waals surface area contributed by atoms with Crippen LogP contribution < -0.4 is 10.6 Å². The number of anilines is 2. The molecule has 1 aromatic carbocycles. The lowest BCUT2D eigenvalue weighted by atomic mass is 9.85. The van der Waals surface area contributed by atoms with E-state index < -0.39 is 11.6 Å². The zero-order valence-corrected chi connectivity index (χ0v) is 28.8. The summed E-state index contributed by atoms with van der Waals surface area (Å²) in [7, 11) is 0. The Morgan fingerprint density at radius 3 is 2.25 bits per heavy atom. The number of hydrogen-bond donors (Lipinski definition) is 1. The number of rotatable bonds is 6. The average molecular weight is 626 g/mol. The molecule has 1 fully saturated rings. The molecular formula is C35H49F2N5OS. The molecule has 4 heterocycles. The highest BCUT2D eigenvalue weighted by Gasteiger charge is 2.32. The minimum atomic E-state index is -0.514. The summed E-state index contributed by atoms with van der Waals surface area (Å²) in [6.45, 7) is 19.9. The monoisotopic (exact) mass is 625 g/mol. The number of thiophene rings is 1. The Hall–Kier alpha value is -3.35. The summed E-state index contributed by atoms with van der Waals surface area (Å²) in [5, 5.41) is 10.8. The second kappa shape index (κ2) is 17.8. The van der Waals surface area contributed by atoms with Gasteiger partial charge in [-0.15, -0.1) is 11.3 Å². The van der Waals surface area contributed by atoms with Gasteiger partial charge >= 0.3 is 0 Å². The van der Waals surface area contributed by atoms with Gasteiger partial charge in [0.2, 0.25) is 5.95 Å². The van der Waals surface area contributed by atoms with Crippen molar-refractivity contribution in [2.24, 2.45) is 0 Å². The molecule has 0 aliphatic carbocycles. The Morgan fingerprint density at radius 2 is 1.70 bits per heavy atom. The van der Waals surface area contributed by atoms with Crippen LogP contribution in [0, 0.1) is 17.1 Å². The fourth-order valence-electron chi connectivity index (χ4n) is 5.06. The number of nitrogens with zero attached hydrogens (tertiary/aromatic N) is 4. The molecule has 2 aliphatic heterocycles. The topological polar surface area (TPSA) is 88.1 Å². The minimum absolute atomic E-state index is 0.155. The summed E-state index contributed by atoms with van der Waals surface area (Å²) >= 11 is 1.00. The predicted molar refractivity (Wildman–Crippen MR) is 183 cm³/mol. The van der Waals surface area contributed by atoms with E-state index in [0.717, 1.165) is 48.4 Å². The van der Waals surface area contributed by atoms with Crippen molar-refractivity contribution in [3.63, 3.8) is 0 Å². The van der Waals surface area contributed by atoms with Gasteiger partial charge in [0.15, 0.2) is 5.82 Å². The SMILES string of the molecule is C/C=C(/F)c1sc(N)c(C#N)c1/C(=C(\C)CC)c1c2c(c3cnc(N4CCCC4)nc3c1F)COC2.CC.CC.CCCC. The van der Waals surface area contributed by atoms with E-state index in [9.17, 15) is 5.26 Å². The van der Waals surface area contributed by atoms with Gasteiger partial charge in [0.05, 0.1) is 23.7 Å². The molecule has 0 atom stereocenters. The molecule has 5 rings (SSSR count). The van der Waals surface area contributed by atoms with Crippen LogP contribution in [0.15, 0.2) is 17.8 Å². The second-order valence-electron chi connectivity index (χ2n) is 10.1. The molecule has 44 heavy (non-hydrogen) atoms. The third-order valence-corrected chi connectivity index (χ3v) is 8.58. The predicted octanol–water partition coefficient (Wildman–Crippen LogP) is 10.3. The first kappa shape index (κ1) is 36.8. The van der Waals surface area contributed by atoms with Crippen LogP contribution in [0.2, 0.25) is 0 Å². The first-order valence-electron chi connectivity index (χ1n) is 16.0. The number of halogens is 2. The van der Waals surface area contributed by atoms with Gasteiger partial charge in [0.25, 0.3) is 0 Å². The number of ether oxygens (including phenoxy) is 1.